The highest BCUT2D eigenvalue weighted by Crippen LogP contribution is 2.28. The van der Waals surface area contributed by atoms with Crippen LogP contribution in [0.3, 0.4) is 0 Å². The molecular formula is C9H17OS+. The molecule has 0 saturated heterocycles. The van der Waals surface area contributed by atoms with E-state index < -0.39 is 0 Å². The van der Waals surface area contributed by atoms with Gasteiger partial charge >= 0.3 is 5.12 Å². The normalized spacial score (nSPS) is 20.1. The van der Waals surface area contributed by atoms with Crippen LogP contribution in [0.5, 0.6) is 0 Å². The third kappa shape index (κ3) is 3.28. The average molecular weight is 173 g/mol. The molecule has 64 valence electrons. The van der Waals surface area contributed by atoms with Crippen molar-refractivity contribution in [2.75, 3.05) is 0 Å². The lowest BCUT2D eigenvalue weighted by Gasteiger charge is -2.17. The molecule has 0 spiro atoms. The maximum absolute atomic E-state index is 9.29. The third-order valence-electron chi connectivity index (χ3n) is 2.16. The first kappa shape index (κ1) is 9.11. The van der Waals surface area contributed by atoms with Crippen LogP contribution in [-0.4, -0.2) is 15.2 Å². The van der Waals surface area contributed by atoms with E-state index in [-0.39, 0.29) is 0 Å². The largest absolute Gasteiger partial charge is 0.350 e. The Balaban J connectivity index is 2.19. The van der Waals surface area contributed by atoms with Gasteiger partial charge in [0.1, 0.15) is 0 Å². The van der Waals surface area contributed by atoms with E-state index in [2.05, 4.69) is 0 Å². The quantitative estimate of drug-likeness (QED) is 0.588. The Morgan fingerprint density at radius 3 is 2.55 bits per heavy atom. The SMILES string of the molecule is CCC(=[OH+])SC1CCCCC1. The van der Waals surface area contributed by atoms with E-state index in [1.165, 1.54) is 32.1 Å². The number of hydrogen-bond donors (Lipinski definition) is 0. The molecule has 0 aromatic rings. The molecule has 0 radical (unpaired) electrons. The van der Waals surface area contributed by atoms with Crippen molar-refractivity contribution in [3.05, 3.63) is 0 Å². The molecule has 2 heteroatoms. The minimum absolute atomic E-state index is 0.622. The number of rotatable bonds is 2. The van der Waals surface area contributed by atoms with Crippen LogP contribution in [0.1, 0.15) is 45.4 Å². The smallest absolute Gasteiger partial charge is 0.272 e. The molecular weight excluding hydrogens is 156 g/mol. The summed E-state index contributed by atoms with van der Waals surface area (Å²) in [7, 11) is 0. The van der Waals surface area contributed by atoms with Crippen molar-refractivity contribution < 1.29 is 4.79 Å². The zero-order valence-electron chi connectivity index (χ0n) is 7.18. The van der Waals surface area contributed by atoms with Gasteiger partial charge in [-0.25, -0.2) is 0 Å². The minimum Gasteiger partial charge on any atom is -0.272 e. The molecule has 11 heavy (non-hydrogen) atoms. The van der Waals surface area contributed by atoms with Crippen molar-refractivity contribution in [3.8, 4) is 0 Å². The van der Waals surface area contributed by atoms with E-state index in [0.29, 0.717) is 10.4 Å². The summed E-state index contributed by atoms with van der Waals surface area (Å²) < 4.78 is 0. The number of thioether (sulfide) groups is 1. The summed E-state index contributed by atoms with van der Waals surface area (Å²) >= 11 is 1.69. The molecule has 0 aromatic heterocycles. The van der Waals surface area contributed by atoms with Crippen molar-refractivity contribution in [3.63, 3.8) is 0 Å². The highest BCUT2D eigenvalue weighted by Gasteiger charge is 2.19. The maximum atomic E-state index is 9.29. The fourth-order valence-electron chi connectivity index (χ4n) is 1.46. The standard InChI is InChI=1S/C9H16OS/c1-2-9(10)11-8-6-4-3-5-7-8/h8H,2-7H2,1H3/p+1. The van der Waals surface area contributed by atoms with Gasteiger partial charge in [-0.1, -0.05) is 26.2 Å². The predicted molar refractivity (Wildman–Crippen MR) is 51.7 cm³/mol. The Labute approximate surface area is 72.9 Å². The number of hydrogen-bond acceptors (Lipinski definition) is 1. The summed E-state index contributed by atoms with van der Waals surface area (Å²) in [6.45, 7) is 2.01. The second-order valence-corrected chi connectivity index (χ2v) is 4.50. The first-order chi connectivity index (χ1) is 5.33. The molecule has 1 rings (SSSR count). The Hall–Kier alpha value is 0.0200. The van der Waals surface area contributed by atoms with Crippen molar-refractivity contribution in [1.29, 1.82) is 0 Å². The number of carbonyl (C=O) groups excluding carboxylic acids is 1. The van der Waals surface area contributed by atoms with E-state index in [9.17, 15) is 4.79 Å². The lowest BCUT2D eigenvalue weighted by molar-refractivity contribution is 0.516. The molecule has 0 aliphatic heterocycles. The first-order valence-electron chi connectivity index (χ1n) is 4.54. The van der Waals surface area contributed by atoms with Gasteiger partial charge in [-0.3, -0.25) is 4.79 Å². The molecule has 0 unspecified atom stereocenters. The zero-order chi connectivity index (χ0) is 8.10. The van der Waals surface area contributed by atoms with Crippen LogP contribution in [0, 0.1) is 0 Å². The van der Waals surface area contributed by atoms with Crippen LogP contribution in [-0.2, 0) is 0 Å². The molecule has 1 fully saturated rings. The third-order valence-corrected chi connectivity index (χ3v) is 3.52. The van der Waals surface area contributed by atoms with Crippen molar-refractivity contribution in [2.24, 2.45) is 0 Å². The van der Waals surface area contributed by atoms with Gasteiger partial charge in [0.15, 0.2) is 0 Å². The van der Waals surface area contributed by atoms with Gasteiger partial charge < -0.3 is 0 Å². The van der Waals surface area contributed by atoms with E-state index in [0.717, 1.165) is 6.42 Å². The summed E-state index contributed by atoms with van der Waals surface area (Å²) in [6.07, 6.45) is 7.51. The molecule has 0 heterocycles. The highest BCUT2D eigenvalue weighted by atomic mass is 32.2. The summed E-state index contributed by atoms with van der Waals surface area (Å²) in [4.78, 5) is 9.29. The van der Waals surface area contributed by atoms with Crippen LogP contribution in [0.15, 0.2) is 0 Å². The fourth-order valence-corrected chi connectivity index (χ4v) is 2.58. The highest BCUT2D eigenvalue weighted by molar-refractivity contribution is 8.14. The molecule has 1 aliphatic carbocycles. The van der Waals surface area contributed by atoms with Crippen LogP contribution < -0.4 is 0 Å². The molecule has 0 atom stereocenters. The van der Waals surface area contributed by atoms with Gasteiger partial charge in [0.25, 0.3) is 0 Å². The van der Waals surface area contributed by atoms with Crippen LogP contribution in [0.2, 0.25) is 0 Å². The molecule has 1 aliphatic rings. The molecule has 1 nitrogen and oxygen atoms in total. The van der Waals surface area contributed by atoms with Gasteiger partial charge in [0.2, 0.25) is 0 Å². The molecule has 0 amide bonds. The summed E-state index contributed by atoms with van der Waals surface area (Å²) in [5.74, 6) is 0. The second kappa shape index (κ2) is 4.81. The van der Waals surface area contributed by atoms with E-state index in [1.807, 2.05) is 6.92 Å². The lowest BCUT2D eigenvalue weighted by Crippen LogP contribution is -2.10. The van der Waals surface area contributed by atoms with Gasteiger partial charge in [0.05, 0.1) is 6.42 Å². The van der Waals surface area contributed by atoms with E-state index in [4.69, 9.17) is 0 Å². The van der Waals surface area contributed by atoms with Crippen LogP contribution in [0.4, 0.5) is 0 Å². The average Bonchev–Trinajstić information content (AvgIpc) is 2.06. The van der Waals surface area contributed by atoms with Crippen molar-refractivity contribution in [1.82, 2.24) is 0 Å². The topological polar surface area (TPSA) is 21.4 Å². The molecule has 1 saturated carbocycles. The van der Waals surface area contributed by atoms with Gasteiger partial charge in [-0.15, -0.1) is 0 Å². The lowest BCUT2D eigenvalue weighted by atomic mass is 10.0. The molecule has 1 N–H and O–H groups in total. The van der Waals surface area contributed by atoms with Gasteiger partial charge in [-0.05, 0) is 24.6 Å². The van der Waals surface area contributed by atoms with Gasteiger partial charge in [0, 0.05) is 5.25 Å². The maximum Gasteiger partial charge on any atom is 0.350 e. The first-order valence-corrected chi connectivity index (χ1v) is 5.42. The summed E-state index contributed by atoms with van der Waals surface area (Å²) in [6, 6.07) is 0. The minimum atomic E-state index is 0.622. The van der Waals surface area contributed by atoms with Crippen molar-refractivity contribution >= 4 is 16.9 Å². The fraction of sp³-hybridized carbons (Fsp3) is 0.889. The summed E-state index contributed by atoms with van der Waals surface area (Å²) in [5.41, 5.74) is 0. The second-order valence-electron chi connectivity index (χ2n) is 3.13. The molecule has 0 aromatic carbocycles. The van der Waals surface area contributed by atoms with Crippen molar-refractivity contribution in [2.45, 2.75) is 50.7 Å². The molecule has 0 bridgehead atoms. The van der Waals surface area contributed by atoms with E-state index >= 15 is 0 Å². The Morgan fingerprint density at radius 2 is 2.00 bits per heavy atom. The van der Waals surface area contributed by atoms with E-state index in [1.54, 1.807) is 11.8 Å². The van der Waals surface area contributed by atoms with Crippen LogP contribution >= 0.6 is 11.8 Å². The predicted octanol–water partition coefficient (Wildman–Crippen LogP) is 2.96. The summed E-state index contributed by atoms with van der Waals surface area (Å²) in [5, 5.41) is 1.33. The Kier molecular flexibility index (Phi) is 3.98. The van der Waals surface area contributed by atoms with Gasteiger partial charge in [-0.2, -0.15) is 0 Å². The zero-order valence-corrected chi connectivity index (χ0v) is 7.99. The Bertz CT molecular complexity index is 128. The van der Waals surface area contributed by atoms with Crippen LogP contribution in [0.25, 0.3) is 0 Å². The Morgan fingerprint density at radius 1 is 1.36 bits per heavy atom. The monoisotopic (exact) mass is 173 g/mol.